The molecule has 0 saturated heterocycles. The summed E-state index contributed by atoms with van der Waals surface area (Å²) < 4.78 is 5.07. The van der Waals surface area contributed by atoms with E-state index in [2.05, 4.69) is 48.7 Å². The van der Waals surface area contributed by atoms with Crippen molar-refractivity contribution in [2.45, 2.75) is 11.5 Å². The molecule has 0 radical (unpaired) electrons. The highest BCUT2D eigenvalue weighted by molar-refractivity contribution is 7.98. The standard InChI is InChI=1S/C19H14O2S2/c1-22-15-5-2-12(3-6-15)17-8-9-18(23-17)13-4-7-16-14(10-13)11-21-19(16)20/h2-10H,11H2,1H3. The van der Waals surface area contributed by atoms with Crippen molar-refractivity contribution in [2.24, 2.45) is 0 Å². The van der Waals surface area contributed by atoms with Gasteiger partial charge in [-0.15, -0.1) is 23.1 Å². The zero-order valence-corrected chi connectivity index (χ0v) is 14.2. The predicted octanol–water partition coefficient (Wildman–Crippen LogP) is 5.47. The fraction of sp³-hybridized carbons (Fsp3) is 0.105. The number of hydrogen-bond donors (Lipinski definition) is 0. The molecule has 4 rings (SSSR count). The number of carbonyl (C=O) groups excluding carboxylic acids is 1. The minimum Gasteiger partial charge on any atom is -0.457 e. The van der Waals surface area contributed by atoms with Crippen LogP contribution in [0.2, 0.25) is 0 Å². The minimum atomic E-state index is -0.215. The summed E-state index contributed by atoms with van der Waals surface area (Å²) in [6.07, 6.45) is 2.08. The summed E-state index contributed by atoms with van der Waals surface area (Å²) in [5, 5.41) is 0. The molecule has 0 N–H and O–H groups in total. The summed E-state index contributed by atoms with van der Waals surface area (Å²) in [5.74, 6) is -0.215. The lowest BCUT2D eigenvalue weighted by atomic mass is 10.1. The molecule has 0 unspecified atom stereocenters. The van der Waals surface area contributed by atoms with Gasteiger partial charge in [-0.3, -0.25) is 0 Å². The monoisotopic (exact) mass is 338 g/mol. The van der Waals surface area contributed by atoms with Gasteiger partial charge < -0.3 is 4.74 Å². The second-order valence-corrected chi connectivity index (χ2v) is 7.30. The first-order valence-corrected chi connectivity index (χ1v) is 9.33. The van der Waals surface area contributed by atoms with Crippen LogP contribution in [0.15, 0.2) is 59.5 Å². The number of benzene rings is 2. The Balaban J connectivity index is 1.66. The van der Waals surface area contributed by atoms with Crippen LogP contribution in [0.4, 0.5) is 0 Å². The van der Waals surface area contributed by atoms with Crippen LogP contribution in [-0.2, 0) is 11.3 Å². The van der Waals surface area contributed by atoms with Crippen molar-refractivity contribution in [1.29, 1.82) is 0 Å². The van der Waals surface area contributed by atoms with Crippen molar-refractivity contribution < 1.29 is 9.53 Å². The fourth-order valence-corrected chi connectivity index (χ4v) is 4.11. The first-order valence-electron chi connectivity index (χ1n) is 7.29. The number of thiophene rings is 1. The van der Waals surface area contributed by atoms with Gasteiger partial charge in [0, 0.05) is 20.2 Å². The third-order valence-electron chi connectivity index (χ3n) is 3.95. The quantitative estimate of drug-likeness (QED) is 0.467. The normalized spacial score (nSPS) is 13.0. The average molecular weight is 338 g/mol. The SMILES string of the molecule is CSc1ccc(-c2ccc(-c3ccc4c(c3)COC4=O)s2)cc1. The molecular weight excluding hydrogens is 324 g/mol. The van der Waals surface area contributed by atoms with Gasteiger partial charge >= 0.3 is 5.97 Å². The molecule has 0 saturated carbocycles. The number of thioether (sulfide) groups is 1. The van der Waals surface area contributed by atoms with Crippen LogP contribution in [0, 0.1) is 0 Å². The first kappa shape index (κ1) is 14.5. The van der Waals surface area contributed by atoms with Crippen LogP contribution < -0.4 is 0 Å². The van der Waals surface area contributed by atoms with E-state index in [9.17, 15) is 4.79 Å². The molecule has 2 aromatic carbocycles. The van der Waals surface area contributed by atoms with E-state index in [1.165, 1.54) is 20.2 Å². The second-order valence-electron chi connectivity index (χ2n) is 5.34. The van der Waals surface area contributed by atoms with Crippen LogP contribution in [0.5, 0.6) is 0 Å². The van der Waals surface area contributed by atoms with Crippen LogP contribution in [0.3, 0.4) is 0 Å². The first-order chi connectivity index (χ1) is 11.2. The van der Waals surface area contributed by atoms with Crippen molar-refractivity contribution >= 4 is 29.1 Å². The molecule has 114 valence electrons. The van der Waals surface area contributed by atoms with Gasteiger partial charge in [-0.2, -0.15) is 0 Å². The maximum Gasteiger partial charge on any atom is 0.338 e. The number of carbonyl (C=O) groups is 1. The molecule has 0 fully saturated rings. The van der Waals surface area contributed by atoms with E-state index in [-0.39, 0.29) is 5.97 Å². The molecular formula is C19H14O2S2. The van der Waals surface area contributed by atoms with Gasteiger partial charge in [0.05, 0.1) is 5.56 Å². The largest absolute Gasteiger partial charge is 0.457 e. The van der Waals surface area contributed by atoms with Gasteiger partial charge in [0.1, 0.15) is 6.61 Å². The van der Waals surface area contributed by atoms with Crippen molar-refractivity contribution in [3.05, 3.63) is 65.7 Å². The molecule has 0 spiro atoms. The lowest BCUT2D eigenvalue weighted by Gasteiger charge is -2.01. The molecule has 0 atom stereocenters. The highest BCUT2D eigenvalue weighted by Crippen LogP contribution is 2.36. The van der Waals surface area contributed by atoms with Crippen molar-refractivity contribution in [2.75, 3.05) is 6.26 Å². The third kappa shape index (κ3) is 2.69. The molecule has 2 nitrogen and oxygen atoms in total. The van der Waals surface area contributed by atoms with Crippen molar-refractivity contribution in [3.8, 4) is 20.9 Å². The Bertz CT molecular complexity index is 879. The number of hydrogen-bond acceptors (Lipinski definition) is 4. The number of fused-ring (bicyclic) bond motifs is 1. The molecule has 4 heteroatoms. The van der Waals surface area contributed by atoms with E-state index in [0.29, 0.717) is 12.2 Å². The second kappa shape index (κ2) is 5.87. The van der Waals surface area contributed by atoms with Gasteiger partial charge in [-0.25, -0.2) is 4.79 Å². The maximum absolute atomic E-state index is 11.5. The summed E-state index contributed by atoms with van der Waals surface area (Å²) in [6.45, 7) is 0.385. The molecule has 23 heavy (non-hydrogen) atoms. The fourth-order valence-electron chi connectivity index (χ4n) is 2.69. The smallest absolute Gasteiger partial charge is 0.338 e. The maximum atomic E-state index is 11.5. The van der Waals surface area contributed by atoms with E-state index in [0.717, 1.165) is 11.1 Å². The Morgan fingerprint density at radius 1 is 0.957 bits per heavy atom. The average Bonchev–Trinajstić information content (AvgIpc) is 3.22. The van der Waals surface area contributed by atoms with Gasteiger partial charge in [0.2, 0.25) is 0 Å². The van der Waals surface area contributed by atoms with Gasteiger partial charge in [-0.05, 0) is 53.8 Å². The molecule has 0 aliphatic carbocycles. The minimum absolute atomic E-state index is 0.215. The van der Waals surface area contributed by atoms with E-state index < -0.39 is 0 Å². The predicted molar refractivity (Wildman–Crippen MR) is 96.1 cm³/mol. The van der Waals surface area contributed by atoms with Crippen LogP contribution in [-0.4, -0.2) is 12.2 Å². The highest BCUT2D eigenvalue weighted by atomic mass is 32.2. The molecule has 2 heterocycles. The highest BCUT2D eigenvalue weighted by Gasteiger charge is 2.21. The van der Waals surface area contributed by atoms with E-state index in [4.69, 9.17) is 4.74 Å². The third-order valence-corrected chi connectivity index (χ3v) is 5.88. The summed E-state index contributed by atoms with van der Waals surface area (Å²) in [6, 6.07) is 18.9. The Morgan fingerprint density at radius 2 is 1.65 bits per heavy atom. The van der Waals surface area contributed by atoms with Gasteiger partial charge in [-0.1, -0.05) is 18.2 Å². The summed E-state index contributed by atoms with van der Waals surface area (Å²) in [4.78, 5) is 15.3. The Hall–Kier alpha value is -2.04. The zero-order valence-electron chi connectivity index (χ0n) is 12.5. The van der Waals surface area contributed by atoms with Gasteiger partial charge in [0.25, 0.3) is 0 Å². The summed E-state index contributed by atoms with van der Waals surface area (Å²) in [5.41, 5.74) is 4.04. The van der Waals surface area contributed by atoms with E-state index in [1.807, 2.05) is 12.1 Å². The summed E-state index contributed by atoms with van der Waals surface area (Å²) in [7, 11) is 0. The van der Waals surface area contributed by atoms with Crippen LogP contribution in [0.1, 0.15) is 15.9 Å². The Labute approximate surface area is 143 Å². The molecule has 0 bridgehead atoms. The zero-order chi connectivity index (χ0) is 15.8. The Kier molecular flexibility index (Phi) is 3.71. The van der Waals surface area contributed by atoms with Crippen molar-refractivity contribution in [1.82, 2.24) is 0 Å². The van der Waals surface area contributed by atoms with Crippen LogP contribution >= 0.6 is 23.1 Å². The lowest BCUT2D eigenvalue weighted by Crippen LogP contribution is -1.92. The van der Waals surface area contributed by atoms with Crippen molar-refractivity contribution in [3.63, 3.8) is 0 Å². The summed E-state index contributed by atoms with van der Waals surface area (Å²) >= 11 is 3.52. The topological polar surface area (TPSA) is 26.3 Å². The number of esters is 1. The lowest BCUT2D eigenvalue weighted by molar-refractivity contribution is 0.0535. The van der Waals surface area contributed by atoms with Crippen LogP contribution in [0.25, 0.3) is 20.9 Å². The Morgan fingerprint density at radius 3 is 2.39 bits per heavy atom. The van der Waals surface area contributed by atoms with E-state index in [1.54, 1.807) is 23.1 Å². The molecule has 3 aromatic rings. The number of cyclic esters (lactones) is 1. The van der Waals surface area contributed by atoms with E-state index >= 15 is 0 Å². The van der Waals surface area contributed by atoms with Gasteiger partial charge in [0.15, 0.2) is 0 Å². The molecule has 0 amide bonds. The molecule has 1 aliphatic rings. The number of ether oxygens (including phenoxy) is 1. The number of rotatable bonds is 3. The molecule has 1 aliphatic heterocycles. The molecule has 1 aromatic heterocycles.